The summed E-state index contributed by atoms with van der Waals surface area (Å²) in [5.74, 6) is 0.489. The van der Waals surface area contributed by atoms with Crippen LogP contribution in [0.4, 0.5) is 5.69 Å². The Morgan fingerprint density at radius 2 is 1.91 bits per heavy atom. The monoisotopic (exact) mass is 331 g/mol. The highest BCUT2D eigenvalue weighted by Gasteiger charge is 2.16. The Morgan fingerprint density at radius 1 is 1.22 bits per heavy atom. The van der Waals surface area contributed by atoms with E-state index < -0.39 is 6.10 Å². The fraction of sp³-hybridized carbons (Fsp3) is 0.316. The lowest BCUT2D eigenvalue weighted by molar-refractivity contribution is -0.122. The van der Waals surface area contributed by atoms with E-state index in [1.807, 2.05) is 37.3 Å². The highest BCUT2D eigenvalue weighted by Crippen LogP contribution is 2.21. The van der Waals surface area contributed by atoms with Crippen LogP contribution in [-0.2, 0) is 11.2 Å². The number of aryl methyl sites for hydroxylation is 2. The van der Waals surface area contributed by atoms with Gasteiger partial charge in [0.25, 0.3) is 5.91 Å². The third-order valence-corrected chi connectivity index (χ3v) is 3.84. The Balaban J connectivity index is 1.98. The highest BCUT2D eigenvalue weighted by atomic mass is 35.5. The number of halogens is 1. The first-order valence-electron chi connectivity index (χ1n) is 7.82. The minimum atomic E-state index is -0.592. The molecule has 0 fully saturated rings. The molecule has 1 N–H and O–H groups in total. The normalized spacial score (nSPS) is 11.8. The zero-order valence-corrected chi connectivity index (χ0v) is 14.5. The number of amides is 1. The van der Waals surface area contributed by atoms with Crippen LogP contribution in [0.5, 0.6) is 5.75 Å². The number of hydrogen-bond donors (Lipinski definition) is 1. The van der Waals surface area contributed by atoms with Gasteiger partial charge in [-0.2, -0.15) is 0 Å². The van der Waals surface area contributed by atoms with Gasteiger partial charge in [0.2, 0.25) is 0 Å². The van der Waals surface area contributed by atoms with E-state index in [2.05, 4.69) is 12.2 Å². The number of hydrogen-bond acceptors (Lipinski definition) is 2. The van der Waals surface area contributed by atoms with Crippen molar-refractivity contribution in [3.63, 3.8) is 0 Å². The van der Waals surface area contributed by atoms with E-state index in [1.165, 1.54) is 5.56 Å². The third kappa shape index (κ3) is 5.00. The lowest BCUT2D eigenvalue weighted by Crippen LogP contribution is -2.30. The van der Waals surface area contributed by atoms with Crippen molar-refractivity contribution < 1.29 is 9.53 Å². The molecule has 0 bridgehead atoms. The van der Waals surface area contributed by atoms with Gasteiger partial charge in [-0.05, 0) is 55.7 Å². The second kappa shape index (κ2) is 8.02. The predicted octanol–water partition coefficient (Wildman–Crippen LogP) is 5.01. The number of carbonyl (C=O) groups is 1. The number of benzene rings is 2. The summed E-state index contributed by atoms with van der Waals surface area (Å²) in [6, 6.07) is 13.3. The fourth-order valence-electron chi connectivity index (χ4n) is 2.24. The number of nitrogens with one attached hydrogen (secondary N) is 1. The minimum absolute atomic E-state index is 0.201. The molecule has 0 aliphatic rings. The molecule has 0 saturated heterocycles. The second-order valence-electron chi connectivity index (χ2n) is 5.60. The molecule has 2 aromatic carbocycles. The van der Waals surface area contributed by atoms with Crippen molar-refractivity contribution in [2.75, 3.05) is 5.32 Å². The summed E-state index contributed by atoms with van der Waals surface area (Å²) in [5, 5.41) is 3.44. The van der Waals surface area contributed by atoms with Crippen LogP contribution in [0.2, 0.25) is 5.02 Å². The predicted molar refractivity (Wildman–Crippen MR) is 95.3 cm³/mol. The summed E-state index contributed by atoms with van der Waals surface area (Å²) in [6.45, 7) is 5.80. The first-order valence-corrected chi connectivity index (χ1v) is 8.20. The molecule has 1 atom stereocenters. The maximum absolute atomic E-state index is 12.3. The van der Waals surface area contributed by atoms with Crippen molar-refractivity contribution in [1.82, 2.24) is 0 Å². The van der Waals surface area contributed by atoms with Crippen LogP contribution in [0, 0.1) is 6.92 Å². The molecule has 1 unspecified atom stereocenters. The van der Waals surface area contributed by atoms with Crippen molar-refractivity contribution in [2.45, 2.75) is 39.7 Å². The van der Waals surface area contributed by atoms with Gasteiger partial charge in [0.1, 0.15) is 5.75 Å². The molecule has 1 amide bonds. The van der Waals surface area contributed by atoms with E-state index in [1.54, 1.807) is 19.1 Å². The first-order chi connectivity index (χ1) is 11.0. The van der Waals surface area contributed by atoms with Crippen LogP contribution >= 0.6 is 11.6 Å². The summed E-state index contributed by atoms with van der Waals surface area (Å²) < 4.78 is 5.71. The summed E-state index contributed by atoms with van der Waals surface area (Å²) in [6.07, 6.45) is 1.56. The first kappa shape index (κ1) is 17.4. The zero-order chi connectivity index (χ0) is 16.8. The van der Waals surface area contributed by atoms with Gasteiger partial charge in [-0.25, -0.2) is 0 Å². The average molecular weight is 332 g/mol. The maximum atomic E-state index is 12.3. The molecule has 0 aromatic heterocycles. The molecule has 0 aliphatic carbocycles. The van der Waals surface area contributed by atoms with Crippen molar-refractivity contribution in [1.29, 1.82) is 0 Å². The molecule has 4 heteroatoms. The molecule has 0 radical (unpaired) electrons. The smallest absolute Gasteiger partial charge is 0.265 e. The van der Waals surface area contributed by atoms with Crippen LogP contribution in [0.15, 0.2) is 42.5 Å². The largest absolute Gasteiger partial charge is 0.481 e. The van der Waals surface area contributed by atoms with Crippen molar-refractivity contribution in [3.8, 4) is 5.75 Å². The van der Waals surface area contributed by atoms with Crippen molar-refractivity contribution >= 4 is 23.2 Å². The molecule has 0 saturated carbocycles. The van der Waals surface area contributed by atoms with Gasteiger partial charge >= 0.3 is 0 Å². The van der Waals surface area contributed by atoms with Crippen LogP contribution in [0.3, 0.4) is 0 Å². The molecule has 2 aromatic rings. The van der Waals surface area contributed by atoms with Gasteiger partial charge in [0.05, 0.1) is 0 Å². The Bertz CT molecular complexity index is 668. The molecular weight excluding hydrogens is 310 g/mol. The van der Waals surface area contributed by atoms with Gasteiger partial charge in [-0.3, -0.25) is 4.79 Å². The van der Waals surface area contributed by atoms with Crippen LogP contribution in [0.25, 0.3) is 0 Å². The van der Waals surface area contributed by atoms with E-state index in [0.717, 1.165) is 18.4 Å². The van der Waals surface area contributed by atoms with E-state index >= 15 is 0 Å². The quantitative estimate of drug-likeness (QED) is 0.808. The lowest BCUT2D eigenvalue weighted by Gasteiger charge is -2.16. The molecule has 23 heavy (non-hydrogen) atoms. The van der Waals surface area contributed by atoms with Crippen molar-refractivity contribution in [2.24, 2.45) is 0 Å². The Labute approximate surface area is 142 Å². The van der Waals surface area contributed by atoms with Crippen LogP contribution in [-0.4, -0.2) is 12.0 Å². The summed E-state index contributed by atoms with van der Waals surface area (Å²) >= 11 is 5.97. The summed E-state index contributed by atoms with van der Waals surface area (Å²) in [7, 11) is 0. The lowest BCUT2D eigenvalue weighted by atomic mass is 10.1. The van der Waals surface area contributed by atoms with Gasteiger partial charge in [-0.15, -0.1) is 0 Å². The molecule has 0 heterocycles. The molecule has 122 valence electrons. The topological polar surface area (TPSA) is 38.3 Å². The Hall–Kier alpha value is -2.00. The van der Waals surface area contributed by atoms with Crippen molar-refractivity contribution in [3.05, 3.63) is 58.6 Å². The van der Waals surface area contributed by atoms with E-state index in [-0.39, 0.29) is 5.91 Å². The SMILES string of the molecule is CCCc1ccc(OC(C)C(=O)Nc2cc(Cl)ccc2C)cc1. The van der Waals surface area contributed by atoms with Gasteiger partial charge in [-0.1, -0.05) is 43.1 Å². The molecule has 2 rings (SSSR count). The number of ether oxygens (including phenoxy) is 1. The highest BCUT2D eigenvalue weighted by molar-refractivity contribution is 6.31. The van der Waals surface area contributed by atoms with E-state index in [4.69, 9.17) is 16.3 Å². The summed E-state index contributed by atoms with van der Waals surface area (Å²) in [5.41, 5.74) is 2.93. The van der Waals surface area contributed by atoms with E-state index in [9.17, 15) is 4.79 Å². The molecule has 3 nitrogen and oxygen atoms in total. The molecular formula is C19H22ClNO2. The number of anilines is 1. The van der Waals surface area contributed by atoms with E-state index in [0.29, 0.717) is 16.5 Å². The molecule has 0 spiro atoms. The maximum Gasteiger partial charge on any atom is 0.265 e. The van der Waals surface area contributed by atoms with Crippen LogP contribution in [0.1, 0.15) is 31.4 Å². The van der Waals surface area contributed by atoms with Gasteiger partial charge in [0.15, 0.2) is 6.10 Å². The average Bonchev–Trinajstić information content (AvgIpc) is 2.53. The fourth-order valence-corrected chi connectivity index (χ4v) is 2.42. The zero-order valence-electron chi connectivity index (χ0n) is 13.7. The van der Waals surface area contributed by atoms with Crippen LogP contribution < -0.4 is 10.1 Å². The third-order valence-electron chi connectivity index (χ3n) is 3.60. The summed E-state index contributed by atoms with van der Waals surface area (Å²) in [4.78, 5) is 12.3. The minimum Gasteiger partial charge on any atom is -0.481 e. The Kier molecular flexibility index (Phi) is 6.05. The van der Waals surface area contributed by atoms with Gasteiger partial charge < -0.3 is 10.1 Å². The van der Waals surface area contributed by atoms with Gasteiger partial charge in [0, 0.05) is 10.7 Å². The second-order valence-corrected chi connectivity index (χ2v) is 6.04. The number of rotatable bonds is 6. The standard InChI is InChI=1S/C19H22ClNO2/c1-4-5-15-7-10-17(11-8-15)23-14(3)19(22)21-18-12-16(20)9-6-13(18)2/h6-12,14H,4-5H2,1-3H3,(H,21,22). The number of carbonyl (C=O) groups excluding carboxylic acids is 1. The molecule has 0 aliphatic heterocycles. The Morgan fingerprint density at radius 3 is 2.57 bits per heavy atom.